The smallest absolute Gasteiger partial charge is 0.243 e. The van der Waals surface area contributed by atoms with Crippen LogP contribution in [0, 0.1) is 12.8 Å². The zero-order valence-electron chi connectivity index (χ0n) is 20.9. The third kappa shape index (κ3) is 4.97. The quantitative estimate of drug-likeness (QED) is 0.228. The Kier molecular flexibility index (Phi) is 7.34. The normalized spacial score (nSPS) is 17.9. The van der Waals surface area contributed by atoms with Gasteiger partial charge in [0.1, 0.15) is 0 Å². The third-order valence-electron chi connectivity index (χ3n) is 6.78. The predicted octanol–water partition coefficient (Wildman–Crippen LogP) is 7.04. The molecule has 1 aliphatic rings. The van der Waals surface area contributed by atoms with Gasteiger partial charge in [0.05, 0.1) is 16.9 Å². The fourth-order valence-corrected chi connectivity index (χ4v) is 6.78. The molecule has 7 heteroatoms. The molecule has 1 amide bonds. The largest absolute Gasteiger partial charge is 0.280 e. The van der Waals surface area contributed by atoms with Gasteiger partial charge in [-0.2, -0.15) is 4.31 Å². The molecule has 5 rings (SSSR count). The maximum Gasteiger partial charge on any atom is 0.243 e. The number of hydrogen-bond acceptors (Lipinski definition) is 3. The maximum atomic E-state index is 14.5. The first-order chi connectivity index (χ1) is 18.3. The van der Waals surface area contributed by atoms with Crippen molar-refractivity contribution in [3.8, 4) is 0 Å². The summed E-state index contributed by atoms with van der Waals surface area (Å²) in [6.07, 6.45) is 0. The molecule has 0 spiro atoms. The first-order valence-electron chi connectivity index (χ1n) is 12.2. The highest BCUT2D eigenvalue weighted by Crippen LogP contribution is 2.45. The van der Waals surface area contributed by atoms with Crippen molar-refractivity contribution in [2.75, 3.05) is 11.4 Å². The Morgan fingerprint density at radius 1 is 0.842 bits per heavy atom. The number of para-hydroxylation sites is 2. The van der Waals surface area contributed by atoms with Crippen molar-refractivity contribution >= 4 is 43.2 Å². The lowest BCUT2D eigenvalue weighted by molar-refractivity contribution is -0.121. The second-order valence-corrected chi connectivity index (χ2v) is 12.1. The van der Waals surface area contributed by atoms with E-state index in [0.717, 1.165) is 15.6 Å². The molecule has 2 atom stereocenters. The molecule has 192 valence electrons. The lowest BCUT2D eigenvalue weighted by atomic mass is 9.90. The topological polar surface area (TPSA) is 57.7 Å². The van der Waals surface area contributed by atoms with Gasteiger partial charge >= 0.3 is 0 Å². The van der Waals surface area contributed by atoms with Crippen LogP contribution in [-0.2, 0) is 14.8 Å². The van der Waals surface area contributed by atoms with E-state index in [9.17, 15) is 13.2 Å². The van der Waals surface area contributed by atoms with Crippen molar-refractivity contribution < 1.29 is 13.2 Å². The minimum absolute atomic E-state index is 0.0464. The second-order valence-electron chi connectivity index (χ2n) is 9.34. The number of halogens is 1. The summed E-state index contributed by atoms with van der Waals surface area (Å²) >= 11 is 3.47. The molecule has 1 aliphatic heterocycles. The lowest BCUT2D eigenvalue weighted by Crippen LogP contribution is -2.38. The van der Waals surface area contributed by atoms with Gasteiger partial charge < -0.3 is 0 Å². The van der Waals surface area contributed by atoms with E-state index < -0.39 is 22.0 Å². The number of amides is 1. The van der Waals surface area contributed by atoms with Crippen molar-refractivity contribution in [1.82, 2.24) is 4.31 Å². The van der Waals surface area contributed by atoms with Gasteiger partial charge in [0.15, 0.2) is 0 Å². The van der Waals surface area contributed by atoms with Crippen LogP contribution in [0.15, 0.2) is 131 Å². The highest BCUT2D eigenvalue weighted by atomic mass is 79.9. The standard InChI is InChI=1S/C31H27BrN2O3S/c1-22-13-19-28(20-14-22)38(36,37)33-21-23(2)29(30(33)24-15-17-25(32)18-16-24)31(35)34(26-9-5-3-6-10-26)27-11-7-4-8-12-27/h3-20,29-30H,2,21H2,1H3/t29-,30+/m0/s1. The molecule has 0 radical (unpaired) electrons. The van der Waals surface area contributed by atoms with Crippen molar-refractivity contribution in [2.24, 2.45) is 5.92 Å². The summed E-state index contributed by atoms with van der Waals surface area (Å²) < 4.78 is 30.2. The van der Waals surface area contributed by atoms with Gasteiger partial charge in [-0.1, -0.05) is 88.7 Å². The molecule has 0 saturated carbocycles. The fraction of sp³-hybridized carbons (Fsp3) is 0.129. The summed E-state index contributed by atoms with van der Waals surface area (Å²) in [6.45, 7) is 6.19. The van der Waals surface area contributed by atoms with Crippen molar-refractivity contribution in [2.45, 2.75) is 17.9 Å². The Morgan fingerprint density at radius 3 is 1.89 bits per heavy atom. The summed E-state index contributed by atoms with van der Waals surface area (Å²) in [6, 6.07) is 32.3. The Balaban J connectivity index is 1.64. The van der Waals surface area contributed by atoms with Gasteiger partial charge in [-0.3, -0.25) is 9.69 Å². The van der Waals surface area contributed by atoms with Crippen LogP contribution in [0.1, 0.15) is 17.2 Å². The van der Waals surface area contributed by atoms with Gasteiger partial charge in [-0.15, -0.1) is 0 Å². The monoisotopic (exact) mass is 586 g/mol. The third-order valence-corrected chi connectivity index (χ3v) is 9.15. The zero-order valence-corrected chi connectivity index (χ0v) is 23.3. The van der Waals surface area contributed by atoms with Crippen LogP contribution in [0.3, 0.4) is 0 Å². The SMILES string of the molecule is C=C1CN(S(=O)(=O)c2ccc(C)cc2)[C@H](c2ccc(Br)cc2)[C@H]1C(=O)N(c1ccccc1)c1ccccc1. The van der Waals surface area contributed by atoms with Crippen molar-refractivity contribution in [3.05, 3.63) is 137 Å². The molecular formula is C31H27BrN2O3S. The van der Waals surface area contributed by atoms with E-state index in [0.29, 0.717) is 16.9 Å². The Labute approximate surface area is 232 Å². The van der Waals surface area contributed by atoms with E-state index in [1.807, 2.05) is 91.9 Å². The van der Waals surface area contributed by atoms with Crippen LogP contribution in [0.2, 0.25) is 0 Å². The molecule has 5 nitrogen and oxygen atoms in total. The molecule has 1 saturated heterocycles. The van der Waals surface area contributed by atoms with E-state index in [1.54, 1.807) is 29.2 Å². The number of hydrogen-bond donors (Lipinski definition) is 0. The van der Waals surface area contributed by atoms with Gasteiger partial charge in [-0.25, -0.2) is 8.42 Å². The van der Waals surface area contributed by atoms with Gasteiger partial charge in [0.25, 0.3) is 0 Å². The first-order valence-corrected chi connectivity index (χ1v) is 14.5. The molecule has 4 aromatic rings. The molecule has 1 fully saturated rings. The highest BCUT2D eigenvalue weighted by molar-refractivity contribution is 9.10. The van der Waals surface area contributed by atoms with Crippen molar-refractivity contribution in [3.63, 3.8) is 0 Å². The van der Waals surface area contributed by atoms with Gasteiger partial charge in [-0.05, 0) is 66.6 Å². The van der Waals surface area contributed by atoms with E-state index in [4.69, 9.17) is 0 Å². The average Bonchev–Trinajstić information content (AvgIpc) is 3.28. The average molecular weight is 588 g/mol. The summed E-state index contributed by atoms with van der Waals surface area (Å²) in [5, 5.41) is 0. The fourth-order valence-electron chi connectivity index (χ4n) is 4.89. The molecule has 38 heavy (non-hydrogen) atoms. The van der Waals surface area contributed by atoms with Crippen LogP contribution in [-0.4, -0.2) is 25.2 Å². The van der Waals surface area contributed by atoms with Crippen LogP contribution >= 0.6 is 15.9 Å². The molecule has 0 aromatic heterocycles. The Morgan fingerprint density at radius 2 is 1.37 bits per heavy atom. The molecule has 0 bridgehead atoms. The van der Waals surface area contributed by atoms with Gasteiger partial charge in [0, 0.05) is 22.4 Å². The van der Waals surface area contributed by atoms with E-state index >= 15 is 0 Å². The number of anilines is 2. The van der Waals surface area contributed by atoms with Crippen LogP contribution in [0.4, 0.5) is 11.4 Å². The van der Waals surface area contributed by atoms with Gasteiger partial charge in [0.2, 0.25) is 15.9 Å². The second kappa shape index (κ2) is 10.7. The highest BCUT2D eigenvalue weighted by Gasteiger charge is 2.49. The molecule has 1 heterocycles. The van der Waals surface area contributed by atoms with Crippen LogP contribution in [0.5, 0.6) is 0 Å². The van der Waals surface area contributed by atoms with Crippen LogP contribution < -0.4 is 4.90 Å². The minimum Gasteiger partial charge on any atom is -0.280 e. The number of carbonyl (C=O) groups is 1. The first kappa shape index (κ1) is 26.1. The summed E-state index contributed by atoms with van der Waals surface area (Å²) in [5.74, 6) is -1.03. The Hall–Kier alpha value is -3.52. The summed E-state index contributed by atoms with van der Waals surface area (Å²) in [7, 11) is -3.93. The summed E-state index contributed by atoms with van der Waals surface area (Å²) in [4.78, 5) is 16.3. The molecule has 0 unspecified atom stereocenters. The van der Waals surface area contributed by atoms with E-state index in [-0.39, 0.29) is 17.3 Å². The predicted molar refractivity (Wildman–Crippen MR) is 155 cm³/mol. The number of sulfonamides is 1. The van der Waals surface area contributed by atoms with E-state index in [1.165, 1.54) is 4.31 Å². The molecule has 4 aromatic carbocycles. The molecular weight excluding hydrogens is 560 g/mol. The summed E-state index contributed by atoms with van der Waals surface area (Å²) in [5.41, 5.74) is 3.64. The number of benzene rings is 4. The zero-order chi connectivity index (χ0) is 26.9. The number of carbonyl (C=O) groups excluding carboxylic acids is 1. The molecule has 0 aliphatic carbocycles. The number of rotatable bonds is 6. The number of nitrogens with zero attached hydrogens (tertiary/aromatic N) is 2. The minimum atomic E-state index is -3.93. The van der Waals surface area contributed by atoms with Crippen molar-refractivity contribution in [1.29, 1.82) is 0 Å². The van der Waals surface area contributed by atoms with E-state index in [2.05, 4.69) is 22.5 Å². The molecule has 0 N–H and O–H groups in total. The maximum absolute atomic E-state index is 14.5. The lowest BCUT2D eigenvalue weighted by Gasteiger charge is -2.31. The number of aryl methyl sites for hydroxylation is 1. The Bertz CT molecular complexity index is 1520. The van der Waals surface area contributed by atoms with Crippen LogP contribution in [0.25, 0.3) is 0 Å².